The number of benzene rings is 1. The second-order valence-electron chi connectivity index (χ2n) is 3.59. The molecule has 0 aliphatic rings. The highest BCUT2D eigenvalue weighted by molar-refractivity contribution is 6.19. The van der Waals surface area contributed by atoms with Gasteiger partial charge in [0.25, 0.3) is 0 Å². The van der Waals surface area contributed by atoms with Crippen LogP contribution >= 0.6 is 11.6 Å². The van der Waals surface area contributed by atoms with Crippen LogP contribution < -0.4 is 4.74 Å². The molecule has 2 nitrogen and oxygen atoms in total. The van der Waals surface area contributed by atoms with Gasteiger partial charge in [-0.3, -0.25) is 4.79 Å². The third-order valence-electron chi connectivity index (χ3n) is 2.26. The number of hydrogen-bond donors (Lipinski definition) is 0. The minimum Gasteiger partial charge on any atom is -0.494 e. The third-order valence-corrected chi connectivity index (χ3v) is 2.45. The Morgan fingerprint density at radius 3 is 2.56 bits per heavy atom. The summed E-state index contributed by atoms with van der Waals surface area (Å²) in [4.78, 5) is 11.5. The van der Waals surface area contributed by atoms with E-state index < -0.39 is 0 Å². The molecule has 0 spiro atoms. The first-order valence-electron chi connectivity index (χ1n) is 5.60. The molecule has 0 unspecified atom stereocenters. The highest BCUT2D eigenvalue weighted by atomic mass is 35.5. The van der Waals surface area contributed by atoms with Crippen molar-refractivity contribution in [1.82, 2.24) is 0 Å². The molecule has 0 aliphatic carbocycles. The lowest BCUT2D eigenvalue weighted by Gasteiger charge is -2.05. The molecule has 1 aromatic rings. The lowest BCUT2D eigenvalue weighted by molar-refractivity contribution is 0.0989. The van der Waals surface area contributed by atoms with Crippen molar-refractivity contribution in [2.24, 2.45) is 0 Å². The molecule has 1 aromatic carbocycles. The van der Waals surface area contributed by atoms with Crippen molar-refractivity contribution in [3.8, 4) is 5.75 Å². The zero-order valence-electron chi connectivity index (χ0n) is 9.54. The number of ketones is 1. The summed E-state index contributed by atoms with van der Waals surface area (Å²) in [5.41, 5.74) is 0.698. The van der Waals surface area contributed by atoms with Crippen LogP contribution in [0.1, 0.15) is 36.5 Å². The second-order valence-corrected chi connectivity index (χ2v) is 3.97. The van der Waals surface area contributed by atoms with E-state index in [1.54, 1.807) is 12.1 Å². The number of halogens is 1. The molecule has 0 heterocycles. The van der Waals surface area contributed by atoms with E-state index in [0.29, 0.717) is 17.9 Å². The van der Waals surface area contributed by atoms with Gasteiger partial charge in [-0.05, 0) is 30.7 Å². The average Bonchev–Trinajstić information content (AvgIpc) is 2.30. The van der Waals surface area contributed by atoms with Gasteiger partial charge in [0.2, 0.25) is 0 Å². The number of rotatable bonds is 7. The molecule has 0 radical (unpaired) electrons. The standard InChI is InChI=1S/C13H17ClO2/c1-2-3-10-16-12-6-4-11(5-7-12)13(15)8-9-14/h4-7H,2-3,8-10H2,1H3. The molecule has 0 N–H and O–H groups in total. The maximum atomic E-state index is 11.5. The first kappa shape index (κ1) is 13.0. The van der Waals surface area contributed by atoms with Gasteiger partial charge in [-0.2, -0.15) is 0 Å². The van der Waals surface area contributed by atoms with Gasteiger partial charge in [0.1, 0.15) is 5.75 Å². The van der Waals surface area contributed by atoms with Crippen molar-refractivity contribution >= 4 is 17.4 Å². The molecule has 0 bridgehead atoms. The molecule has 0 fully saturated rings. The van der Waals surface area contributed by atoms with Gasteiger partial charge in [0.15, 0.2) is 5.78 Å². The van der Waals surface area contributed by atoms with Gasteiger partial charge < -0.3 is 4.74 Å². The second kappa shape index (κ2) is 7.29. The summed E-state index contributed by atoms with van der Waals surface area (Å²) >= 11 is 5.52. The number of ether oxygens (including phenoxy) is 1. The fourth-order valence-electron chi connectivity index (χ4n) is 1.30. The van der Waals surface area contributed by atoms with Gasteiger partial charge in [-0.1, -0.05) is 13.3 Å². The number of unbranched alkanes of at least 4 members (excludes halogenated alkanes) is 1. The highest BCUT2D eigenvalue weighted by Crippen LogP contribution is 2.14. The molecule has 0 aliphatic heterocycles. The minimum atomic E-state index is 0.0788. The van der Waals surface area contributed by atoms with Gasteiger partial charge >= 0.3 is 0 Å². The van der Waals surface area contributed by atoms with Gasteiger partial charge in [-0.15, -0.1) is 11.6 Å². The largest absolute Gasteiger partial charge is 0.494 e. The predicted octanol–water partition coefficient (Wildman–Crippen LogP) is 3.68. The predicted molar refractivity (Wildman–Crippen MR) is 66.5 cm³/mol. The summed E-state index contributed by atoms with van der Waals surface area (Å²) in [6.45, 7) is 2.85. The van der Waals surface area contributed by atoms with E-state index in [1.165, 1.54) is 0 Å². The van der Waals surface area contributed by atoms with Gasteiger partial charge in [-0.25, -0.2) is 0 Å². The maximum Gasteiger partial charge on any atom is 0.164 e. The Kier molecular flexibility index (Phi) is 5.94. The number of Topliss-reactive ketones (excluding diaryl/α,β-unsaturated/α-hetero) is 1. The van der Waals surface area contributed by atoms with Crippen molar-refractivity contribution in [3.63, 3.8) is 0 Å². The Labute approximate surface area is 102 Å². The minimum absolute atomic E-state index is 0.0788. The number of carbonyl (C=O) groups is 1. The molecule has 3 heteroatoms. The maximum absolute atomic E-state index is 11.5. The molecule has 1 rings (SSSR count). The van der Waals surface area contributed by atoms with Crippen molar-refractivity contribution < 1.29 is 9.53 Å². The summed E-state index contributed by atoms with van der Waals surface area (Å²) in [5, 5.41) is 0. The van der Waals surface area contributed by atoms with Crippen LogP contribution in [-0.4, -0.2) is 18.3 Å². The topological polar surface area (TPSA) is 26.3 Å². The quantitative estimate of drug-likeness (QED) is 0.413. The van der Waals surface area contributed by atoms with Crippen molar-refractivity contribution in [1.29, 1.82) is 0 Å². The van der Waals surface area contributed by atoms with Crippen LogP contribution in [0.5, 0.6) is 5.75 Å². The Bertz CT molecular complexity index is 319. The van der Waals surface area contributed by atoms with Crippen molar-refractivity contribution in [3.05, 3.63) is 29.8 Å². The molecule has 0 aromatic heterocycles. The third kappa shape index (κ3) is 4.23. The van der Waals surface area contributed by atoms with E-state index in [0.717, 1.165) is 25.2 Å². The van der Waals surface area contributed by atoms with Crippen molar-refractivity contribution in [2.45, 2.75) is 26.2 Å². The zero-order valence-corrected chi connectivity index (χ0v) is 10.3. The average molecular weight is 241 g/mol. The smallest absolute Gasteiger partial charge is 0.164 e. The van der Waals surface area contributed by atoms with Crippen molar-refractivity contribution in [2.75, 3.05) is 12.5 Å². The number of hydrogen-bond acceptors (Lipinski definition) is 2. The summed E-state index contributed by atoms with van der Waals surface area (Å²) in [6, 6.07) is 7.24. The van der Waals surface area contributed by atoms with Crippen LogP contribution in [0, 0.1) is 0 Å². The molecule has 0 amide bonds. The first-order valence-corrected chi connectivity index (χ1v) is 6.13. The summed E-state index contributed by atoms with van der Waals surface area (Å²) in [7, 11) is 0. The lowest BCUT2D eigenvalue weighted by Crippen LogP contribution is -2.00. The first-order chi connectivity index (χ1) is 7.77. The fourth-order valence-corrected chi connectivity index (χ4v) is 1.47. The van der Waals surface area contributed by atoms with E-state index in [-0.39, 0.29) is 5.78 Å². The summed E-state index contributed by atoms with van der Waals surface area (Å²) < 4.78 is 5.50. The Morgan fingerprint density at radius 1 is 1.31 bits per heavy atom. The number of carbonyl (C=O) groups excluding carboxylic acids is 1. The fraction of sp³-hybridized carbons (Fsp3) is 0.462. The van der Waals surface area contributed by atoms with E-state index in [9.17, 15) is 4.79 Å². The van der Waals surface area contributed by atoms with E-state index in [4.69, 9.17) is 16.3 Å². The van der Waals surface area contributed by atoms with E-state index in [2.05, 4.69) is 6.92 Å². The van der Waals surface area contributed by atoms with Crippen LogP contribution in [0.2, 0.25) is 0 Å². The van der Waals surface area contributed by atoms with Crippen LogP contribution in [0.4, 0.5) is 0 Å². The lowest BCUT2D eigenvalue weighted by atomic mass is 10.1. The van der Waals surface area contributed by atoms with Gasteiger partial charge in [0, 0.05) is 17.9 Å². The molecule has 0 atom stereocenters. The normalized spacial score (nSPS) is 10.1. The Hall–Kier alpha value is -1.02. The molecule has 88 valence electrons. The molecule has 16 heavy (non-hydrogen) atoms. The molecule has 0 saturated heterocycles. The molecular formula is C13H17ClO2. The zero-order chi connectivity index (χ0) is 11.8. The SMILES string of the molecule is CCCCOc1ccc(C(=O)CCCl)cc1. The highest BCUT2D eigenvalue weighted by Gasteiger charge is 2.04. The van der Waals surface area contributed by atoms with E-state index in [1.807, 2.05) is 12.1 Å². The Morgan fingerprint density at radius 2 is 2.00 bits per heavy atom. The molecular weight excluding hydrogens is 224 g/mol. The summed E-state index contributed by atoms with van der Waals surface area (Å²) in [5.74, 6) is 1.26. The van der Waals surface area contributed by atoms with E-state index >= 15 is 0 Å². The molecule has 0 saturated carbocycles. The van der Waals surface area contributed by atoms with Crippen LogP contribution in [0.3, 0.4) is 0 Å². The van der Waals surface area contributed by atoms with Crippen LogP contribution in [0.15, 0.2) is 24.3 Å². The summed E-state index contributed by atoms with van der Waals surface area (Å²) in [6.07, 6.45) is 2.55. The number of alkyl halides is 1. The van der Waals surface area contributed by atoms with Crippen LogP contribution in [-0.2, 0) is 0 Å². The van der Waals surface area contributed by atoms with Crippen LogP contribution in [0.25, 0.3) is 0 Å². The monoisotopic (exact) mass is 240 g/mol. The Balaban J connectivity index is 2.50. The van der Waals surface area contributed by atoms with Gasteiger partial charge in [0.05, 0.1) is 6.61 Å².